The van der Waals surface area contributed by atoms with Crippen molar-refractivity contribution in [2.45, 2.75) is 6.61 Å². The van der Waals surface area contributed by atoms with Crippen molar-refractivity contribution in [3.63, 3.8) is 0 Å². The summed E-state index contributed by atoms with van der Waals surface area (Å²) in [5.41, 5.74) is 6.27. The Labute approximate surface area is 157 Å². The Morgan fingerprint density at radius 1 is 1.25 bits per heavy atom. The molecule has 0 aliphatic rings. The lowest BCUT2D eigenvalue weighted by molar-refractivity contribution is -0.402. The van der Waals surface area contributed by atoms with Crippen LogP contribution in [-0.2, 0) is 11.3 Å². The number of carbonyl (C=O) groups is 1. The minimum atomic E-state index is -0.911. The highest BCUT2D eigenvalue weighted by Crippen LogP contribution is 2.25. The van der Waals surface area contributed by atoms with Gasteiger partial charge in [0.1, 0.15) is 10.7 Å². The number of esters is 1. The van der Waals surface area contributed by atoms with E-state index in [4.69, 9.17) is 19.6 Å². The van der Waals surface area contributed by atoms with Gasteiger partial charge in [0, 0.05) is 0 Å². The summed E-state index contributed by atoms with van der Waals surface area (Å²) >= 11 is 0. The molecule has 1 aromatic carbocycles. The number of nitrogen functional groups attached to an aromatic ring is 1. The highest BCUT2D eigenvalue weighted by molar-refractivity contribution is 5.86. The molecule has 0 atom stereocenters. The van der Waals surface area contributed by atoms with Crippen molar-refractivity contribution in [2.24, 2.45) is 0 Å². The number of benzene rings is 1. The van der Waals surface area contributed by atoms with Crippen LogP contribution in [0.4, 0.5) is 23.5 Å². The first-order chi connectivity index (χ1) is 13.5. The Hall–Kier alpha value is -4.22. The molecule has 3 rings (SSSR count). The third kappa shape index (κ3) is 4.30. The van der Waals surface area contributed by atoms with Gasteiger partial charge in [-0.3, -0.25) is 10.1 Å². The van der Waals surface area contributed by atoms with E-state index in [2.05, 4.69) is 20.3 Å². The van der Waals surface area contributed by atoms with Crippen molar-refractivity contribution in [2.75, 3.05) is 18.2 Å². The lowest BCUT2D eigenvalue weighted by Crippen LogP contribution is -2.11. The molecule has 0 fully saturated rings. The van der Waals surface area contributed by atoms with Gasteiger partial charge in [-0.2, -0.15) is 15.0 Å². The molecular weight excluding hydrogens is 372 g/mol. The van der Waals surface area contributed by atoms with Crippen LogP contribution in [0.15, 0.2) is 40.8 Å². The van der Waals surface area contributed by atoms with E-state index in [-0.39, 0.29) is 30.1 Å². The first-order valence-corrected chi connectivity index (χ1v) is 7.78. The van der Waals surface area contributed by atoms with E-state index in [0.717, 1.165) is 12.1 Å². The van der Waals surface area contributed by atoms with E-state index in [1.807, 2.05) is 0 Å². The maximum absolute atomic E-state index is 11.9. The van der Waals surface area contributed by atoms with Crippen LogP contribution in [-0.4, -0.2) is 33.0 Å². The van der Waals surface area contributed by atoms with Crippen molar-refractivity contribution in [3.8, 4) is 5.75 Å². The molecule has 0 bridgehead atoms. The van der Waals surface area contributed by atoms with Crippen LogP contribution in [0.25, 0.3) is 0 Å². The number of carbonyl (C=O) groups excluding carboxylic acids is 1. The van der Waals surface area contributed by atoms with Crippen LogP contribution in [0, 0.1) is 10.1 Å². The standard InChI is InChI=1S/C16H14N6O6/c1-26-10-5-3-2-4-9(10)18-16-20-12(19-15(17)21-16)8-27-14(23)11-6-7-13(28-11)22(24)25/h2-7H,8H2,1H3,(H3,17,18,19,20,21). The van der Waals surface area contributed by atoms with Crippen LogP contribution in [0.3, 0.4) is 0 Å². The van der Waals surface area contributed by atoms with Crippen LogP contribution in [0.5, 0.6) is 5.75 Å². The molecule has 12 heteroatoms. The fourth-order valence-electron chi connectivity index (χ4n) is 2.16. The Balaban J connectivity index is 1.70. The summed E-state index contributed by atoms with van der Waals surface area (Å²) in [6, 6.07) is 9.28. The monoisotopic (exact) mass is 386 g/mol. The van der Waals surface area contributed by atoms with Crippen molar-refractivity contribution in [3.05, 3.63) is 58.1 Å². The minimum absolute atomic E-state index is 0.0688. The van der Waals surface area contributed by atoms with Gasteiger partial charge in [0.05, 0.1) is 18.9 Å². The van der Waals surface area contributed by atoms with Crippen LogP contribution >= 0.6 is 0 Å². The lowest BCUT2D eigenvalue weighted by Gasteiger charge is -2.10. The number of nitro groups is 1. The van der Waals surface area contributed by atoms with Crippen LogP contribution in [0.1, 0.15) is 16.4 Å². The van der Waals surface area contributed by atoms with Crippen molar-refractivity contribution in [1.82, 2.24) is 15.0 Å². The highest BCUT2D eigenvalue weighted by atomic mass is 16.7. The molecule has 0 aliphatic heterocycles. The molecule has 12 nitrogen and oxygen atoms in total. The smallest absolute Gasteiger partial charge is 0.433 e. The fourth-order valence-corrected chi connectivity index (χ4v) is 2.16. The summed E-state index contributed by atoms with van der Waals surface area (Å²) in [6.45, 7) is -0.347. The normalized spacial score (nSPS) is 10.3. The SMILES string of the molecule is COc1ccccc1Nc1nc(N)nc(COC(=O)c2ccc([N+](=O)[O-])o2)n1. The predicted octanol–water partition coefficient (Wildman–Crippen LogP) is 2.06. The number of nitrogens with zero attached hydrogens (tertiary/aromatic N) is 4. The molecule has 0 saturated heterocycles. The van der Waals surface area contributed by atoms with Crippen molar-refractivity contribution < 1.29 is 23.6 Å². The second-order valence-electron chi connectivity index (χ2n) is 5.23. The second-order valence-corrected chi connectivity index (χ2v) is 5.23. The molecule has 0 spiro atoms. The largest absolute Gasteiger partial charge is 0.495 e. The number of nitrogens with one attached hydrogen (secondary N) is 1. The summed E-state index contributed by atoms with van der Waals surface area (Å²) in [4.78, 5) is 33.7. The quantitative estimate of drug-likeness (QED) is 0.346. The van der Waals surface area contributed by atoms with Gasteiger partial charge in [0.25, 0.3) is 0 Å². The molecule has 0 unspecified atom stereocenters. The average molecular weight is 386 g/mol. The minimum Gasteiger partial charge on any atom is -0.495 e. The van der Waals surface area contributed by atoms with Crippen LogP contribution in [0.2, 0.25) is 0 Å². The summed E-state index contributed by atoms with van der Waals surface area (Å²) < 4.78 is 15.0. The summed E-state index contributed by atoms with van der Waals surface area (Å²) in [7, 11) is 1.52. The number of ether oxygens (including phenoxy) is 2. The maximum atomic E-state index is 11.9. The zero-order chi connectivity index (χ0) is 20.1. The van der Waals surface area contributed by atoms with Gasteiger partial charge in [0.2, 0.25) is 17.7 Å². The van der Waals surface area contributed by atoms with Crippen molar-refractivity contribution >= 4 is 29.4 Å². The second kappa shape index (κ2) is 7.99. The van der Waals surface area contributed by atoms with Gasteiger partial charge >= 0.3 is 11.9 Å². The van der Waals surface area contributed by atoms with E-state index in [1.54, 1.807) is 24.3 Å². The molecule has 3 N–H and O–H groups in total. The predicted molar refractivity (Wildman–Crippen MR) is 95.0 cm³/mol. The van der Waals surface area contributed by atoms with Gasteiger partial charge in [-0.1, -0.05) is 12.1 Å². The zero-order valence-electron chi connectivity index (χ0n) is 14.5. The number of para-hydroxylation sites is 2. The molecule has 2 aromatic heterocycles. The first kappa shape index (κ1) is 18.6. The van der Waals surface area contributed by atoms with E-state index in [0.29, 0.717) is 11.4 Å². The molecule has 0 amide bonds. The summed E-state index contributed by atoms with van der Waals surface area (Å²) in [6.07, 6.45) is 0. The highest BCUT2D eigenvalue weighted by Gasteiger charge is 2.19. The Bertz CT molecular complexity index is 1020. The lowest BCUT2D eigenvalue weighted by atomic mass is 10.3. The molecule has 0 aliphatic carbocycles. The van der Waals surface area contributed by atoms with Gasteiger partial charge in [-0.25, -0.2) is 4.79 Å². The summed E-state index contributed by atoms with van der Waals surface area (Å²) in [5, 5.41) is 13.5. The number of nitrogens with two attached hydrogens (primary N) is 1. The fraction of sp³-hybridized carbons (Fsp3) is 0.125. The van der Waals surface area contributed by atoms with E-state index < -0.39 is 16.8 Å². The third-order valence-electron chi connectivity index (χ3n) is 3.36. The molecule has 144 valence electrons. The topological polar surface area (TPSA) is 169 Å². The molecule has 3 aromatic rings. The maximum Gasteiger partial charge on any atom is 0.433 e. The molecule has 0 radical (unpaired) electrons. The average Bonchev–Trinajstić information content (AvgIpc) is 3.17. The Morgan fingerprint density at radius 2 is 2.04 bits per heavy atom. The number of hydrogen-bond acceptors (Lipinski definition) is 11. The van der Waals surface area contributed by atoms with E-state index in [1.165, 1.54) is 7.11 Å². The number of methoxy groups -OCH3 is 1. The van der Waals surface area contributed by atoms with Gasteiger partial charge in [-0.05, 0) is 18.2 Å². The Kier molecular flexibility index (Phi) is 5.30. The number of aromatic nitrogens is 3. The molecular formula is C16H14N6O6. The van der Waals surface area contributed by atoms with Gasteiger partial charge in [0.15, 0.2) is 12.4 Å². The van der Waals surface area contributed by atoms with E-state index >= 15 is 0 Å². The summed E-state index contributed by atoms with van der Waals surface area (Å²) in [5.74, 6) is -1.14. The number of rotatable bonds is 7. The zero-order valence-corrected chi connectivity index (χ0v) is 14.5. The molecule has 2 heterocycles. The first-order valence-electron chi connectivity index (χ1n) is 7.78. The molecule has 0 saturated carbocycles. The van der Waals surface area contributed by atoms with Gasteiger partial charge < -0.3 is 24.9 Å². The number of anilines is 3. The van der Waals surface area contributed by atoms with Gasteiger partial charge in [-0.15, -0.1) is 0 Å². The van der Waals surface area contributed by atoms with Crippen LogP contribution < -0.4 is 15.8 Å². The van der Waals surface area contributed by atoms with Crippen molar-refractivity contribution in [1.29, 1.82) is 0 Å². The third-order valence-corrected chi connectivity index (χ3v) is 3.36. The van der Waals surface area contributed by atoms with E-state index in [9.17, 15) is 14.9 Å². The molecule has 28 heavy (non-hydrogen) atoms. The number of hydrogen-bond donors (Lipinski definition) is 2. The number of furan rings is 1. The Morgan fingerprint density at radius 3 is 2.75 bits per heavy atom.